The molecular weight excluding hydrogens is 413 g/mol. The van der Waals surface area contributed by atoms with Crippen LogP contribution in [0.4, 0.5) is 13.2 Å². The maximum absolute atomic E-state index is 14.1. The van der Waals surface area contributed by atoms with Gasteiger partial charge in [0.2, 0.25) is 0 Å². The molecule has 0 aliphatic heterocycles. The first-order valence-electron chi connectivity index (χ1n) is 9.23. The van der Waals surface area contributed by atoms with Gasteiger partial charge in [-0.3, -0.25) is 9.59 Å². The summed E-state index contributed by atoms with van der Waals surface area (Å²) >= 11 is 0.998. The molecule has 0 aliphatic rings. The second-order valence-electron chi connectivity index (χ2n) is 6.98. The summed E-state index contributed by atoms with van der Waals surface area (Å²) in [6.45, 7) is 3.58. The number of aromatic amines is 1. The fourth-order valence-electron chi connectivity index (χ4n) is 3.03. The number of H-pyrrole nitrogens is 1. The number of ketones is 1. The molecule has 0 saturated carbocycles. The molecule has 0 fully saturated rings. The molecule has 0 radical (unpaired) electrons. The molecule has 156 valence electrons. The normalized spacial score (nSPS) is 11.1. The second kappa shape index (κ2) is 9.30. The third kappa shape index (κ3) is 4.99. The molecule has 30 heavy (non-hydrogen) atoms. The van der Waals surface area contributed by atoms with Crippen molar-refractivity contribution in [1.29, 1.82) is 0 Å². The largest absolute Gasteiger partial charge is 0.301 e. The summed E-state index contributed by atoms with van der Waals surface area (Å²) in [6, 6.07) is 8.71. The summed E-state index contributed by atoms with van der Waals surface area (Å²) in [5.41, 5.74) is 0.347. The topological polar surface area (TPSA) is 62.8 Å². The Bertz CT molecular complexity index is 1110. The lowest BCUT2D eigenvalue weighted by Crippen LogP contribution is -2.21. The van der Waals surface area contributed by atoms with E-state index in [9.17, 15) is 22.8 Å². The quantitative estimate of drug-likeness (QED) is 0.329. The molecule has 0 bridgehead atoms. The fraction of sp³-hybridized carbons (Fsp3) is 0.227. The molecule has 0 unspecified atom stereocenters. The van der Waals surface area contributed by atoms with Crippen molar-refractivity contribution in [3.05, 3.63) is 92.7 Å². The van der Waals surface area contributed by atoms with Crippen LogP contribution >= 0.6 is 11.8 Å². The Morgan fingerprint density at radius 1 is 1.07 bits per heavy atom. The molecule has 2 aromatic carbocycles. The molecule has 1 heterocycles. The van der Waals surface area contributed by atoms with Crippen LogP contribution in [0.3, 0.4) is 0 Å². The second-order valence-corrected chi connectivity index (χ2v) is 7.95. The van der Waals surface area contributed by atoms with E-state index in [0.717, 1.165) is 23.9 Å². The van der Waals surface area contributed by atoms with Crippen molar-refractivity contribution < 1.29 is 18.0 Å². The van der Waals surface area contributed by atoms with Crippen LogP contribution in [0.25, 0.3) is 0 Å². The van der Waals surface area contributed by atoms with Crippen molar-refractivity contribution in [2.24, 2.45) is 0 Å². The monoisotopic (exact) mass is 432 g/mol. The van der Waals surface area contributed by atoms with Crippen molar-refractivity contribution >= 4 is 17.5 Å². The van der Waals surface area contributed by atoms with E-state index in [0.29, 0.717) is 11.1 Å². The van der Waals surface area contributed by atoms with Gasteiger partial charge in [-0.2, -0.15) is 0 Å². The molecule has 0 atom stereocenters. The fourth-order valence-corrected chi connectivity index (χ4v) is 3.80. The highest BCUT2D eigenvalue weighted by atomic mass is 32.2. The summed E-state index contributed by atoms with van der Waals surface area (Å²) in [5.74, 6) is -2.40. The van der Waals surface area contributed by atoms with Gasteiger partial charge in [-0.1, -0.05) is 31.7 Å². The first-order chi connectivity index (χ1) is 14.3. The van der Waals surface area contributed by atoms with Gasteiger partial charge in [0, 0.05) is 23.1 Å². The third-order valence-electron chi connectivity index (χ3n) is 4.50. The molecule has 1 N–H and O–H groups in total. The highest BCUT2D eigenvalue weighted by Crippen LogP contribution is 2.23. The lowest BCUT2D eigenvalue weighted by atomic mass is 9.98. The number of benzene rings is 2. The standard InChI is InChI=1S/C22H19F3N2O2S/c1-12(2)20-18(10-15-16(24)4-3-5-17(15)25)26-22(27-21(20)29)30-11-19(28)13-6-8-14(23)9-7-13/h3-9,12H,10-11H2,1-2H3,(H,26,27,29). The Kier molecular flexibility index (Phi) is 6.77. The van der Waals surface area contributed by atoms with E-state index in [-0.39, 0.29) is 40.3 Å². The molecular formula is C22H19F3N2O2S. The van der Waals surface area contributed by atoms with Crippen LogP contribution in [0.2, 0.25) is 0 Å². The van der Waals surface area contributed by atoms with Crippen LogP contribution in [0, 0.1) is 17.5 Å². The van der Waals surface area contributed by atoms with Crippen LogP contribution < -0.4 is 5.56 Å². The van der Waals surface area contributed by atoms with Crippen molar-refractivity contribution in [2.75, 3.05) is 5.75 Å². The van der Waals surface area contributed by atoms with E-state index < -0.39 is 23.0 Å². The van der Waals surface area contributed by atoms with E-state index >= 15 is 0 Å². The number of halogens is 3. The smallest absolute Gasteiger partial charge is 0.255 e. The van der Waals surface area contributed by atoms with Gasteiger partial charge in [0.25, 0.3) is 5.56 Å². The highest BCUT2D eigenvalue weighted by Gasteiger charge is 2.19. The zero-order valence-electron chi connectivity index (χ0n) is 16.3. The number of carbonyl (C=O) groups is 1. The summed E-state index contributed by atoms with van der Waals surface area (Å²) in [5, 5.41) is 0.173. The molecule has 0 amide bonds. The van der Waals surface area contributed by atoms with Crippen LogP contribution in [0.15, 0.2) is 52.4 Å². The minimum absolute atomic E-state index is 0.0386. The summed E-state index contributed by atoms with van der Waals surface area (Å²) in [7, 11) is 0. The Balaban J connectivity index is 1.88. The van der Waals surface area contributed by atoms with Crippen LogP contribution in [0.5, 0.6) is 0 Å². The summed E-state index contributed by atoms with van der Waals surface area (Å²) in [4.78, 5) is 31.9. The van der Waals surface area contributed by atoms with Crippen LogP contribution in [-0.2, 0) is 6.42 Å². The number of hydrogen-bond donors (Lipinski definition) is 1. The van der Waals surface area contributed by atoms with Crippen molar-refractivity contribution in [3.63, 3.8) is 0 Å². The molecule has 1 aromatic heterocycles. The predicted molar refractivity (Wildman–Crippen MR) is 110 cm³/mol. The van der Waals surface area contributed by atoms with E-state index in [1.807, 2.05) is 0 Å². The van der Waals surface area contributed by atoms with Crippen molar-refractivity contribution in [1.82, 2.24) is 9.97 Å². The maximum atomic E-state index is 14.1. The van der Waals surface area contributed by atoms with E-state index in [1.54, 1.807) is 13.8 Å². The average molecular weight is 432 g/mol. The van der Waals surface area contributed by atoms with Crippen molar-refractivity contribution in [2.45, 2.75) is 31.3 Å². The minimum atomic E-state index is -0.715. The first-order valence-corrected chi connectivity index (χ1v) is 10.2. The molecule has 3 rings (SSSR count). The zero-order valence-corrected chi connectivity index (χ0v) is 17.2. The number of carbonyl (C=O) groups excluding carboxylic acids is 1. The minimum Gasteiger partial charge on any atom is -0.301 e. The first kappa shape index (κ1) is 21.8. The van der Waals surface area contributed by atoms with E-state index in [4.69, 9.17) is 0 Å². The predicted octanol–water partition coefficient (Wildman–Crippen LogP) is 4.88. The van der Waals surface area contributed by atoms with Gasteiger partial charge >= 0.3 is 0 Å². The Morgan fingerprint density at radius 2 is 1.70 bits per heavy atom. The number of aromatic nitrogens is 2. The van der Waals surface area contributed by atoms with Crippen LogP contribution in [0.1, 0.15) is 46.9 Å². The van der Waals surface area contributed by atoms with E-state index in [1.165, 1.54) is 30.3 Å². The number of nitrogens with zero attached hydrogens (tertiary/aromatic N) is 1. The number of rotatable bonds is 7. The Morgan fingerprint density at radius 3 is 2.30 bits per heavy atom. The molecule has 4 nitrogen and oxygen atoms in total. The summed E-state index contributed by atoms with van der Waals surface area (Å²) < 4.78 is 41.2. The Labute approximate surface area is 175 Å². The molecule has 3 aromatic rings. The maximum Gasteiger partial charge on any atom is 0.255 e. The van der Waals surface area contributed by atoms with Crippen molar-refractivity contribution in [3.8, 4) is 0 Å². The number of Topliss-reactive ketones (excluding diaryl/α,β-unsaturated/α-hetero) is 1. The Hall–Kier alpha value is -2.87. The van der Waals surface area contributed by atoms with Gasteiger partial charge in [-0.05, 0) is 42.3 Å². The van der Waals surface area contributed by atoms with Gasteiger partial charge in [0.15, 0.2) is 10.9 Å². The van der Waals surface area contributed by atoms with Gasteiger partial charge in [0.1, 0.15) is 17.5 Å². The molecule has 0 aliphatic carbocycles. The third-order valence-corrected chi connectivity index (χ3v) is 5.38. The van der Waals surface area contributed by atoms with Crippen LogP contribution in [-0.4, -0.2) is 21.5 Å². The number of hydrogen-bond acceptors (Lipinski definition) is 4. The number of thioether (sulfide) groups is 1. The van der Waals surface area contributed by atoms with Gasteiger partial charge in [-0.15, -0.1) is 0 Å². The van der Waals surface area contributed by atoms with Gasteiger partial charge in [0.05, 0.1) is 11.4 Å². The van der Waals surface area contributed by atoms with E-state index in [2.05, 4.69) is 9.97 Å². The van der Waals surface area contributed by atoms with Gasteiger partial charge in [-0.25, -0.2) is 18.2 Å². The lowest BCUT2D eigenvalue weighted by molar-refractivity contribution is 0.102. The number of nitrogens with one attached hydrogen (secondary N) is 1. The lowest BCUT2D eigenvalue weighted by Gasteiger charge is -2.13. The average Bonchev–Trinajstić information content (AvgIpc) is 2.69. The van der Waals surface area contributed by atoms with Gasteiger partial charge < -0.3 is 4.98 Å². The summed E-state index contributed by atoms with van der Waals surface area (Å²) in [6.07, 6.45) is -0.185. The molecule has 0 spiro atoms. The zero-order chi connectivity index (χ0) is 21.8. The highest BCUT2D eigenvalue weighted by molar-refractivity contribution is 7.99. The molecule has 0 saturated heterocycles. The SMILES string of the molecule is CC(C)c1c(Cc2c(F)cccc2F)nc(SCC(=O)c2ccc(F)cc2)[nH]c1=O. The molecule has 8 heteroatoms.